The fourth-order valence-electron chi connectivity index (χ4n) is 1.28. The van der Waals surface area contributed by atoms with Crippen LogP contribution in [0.1, 0.15) is 31.2 Å². The van der Waals surface area contributed by atoms with Crippen LogP contribution in [0.3, 0.4) is 0 Å². The largest absolute Gasteiger partial charge is 0.339 e. The van der Waals surface area contributed by atoms with Gasteiger partial charge >= 0.3 is 0 Å². The molecule has 0 aliphatic rings. The average molecular weight is 203 g/mol. The maximum Gasteiger partial charge on any atom is 0.223 e. The van der Waals surface area contributed by atoms with Crippen molar-refractivity contribution in [2.45, 2.75) is 26.7 Å². The highest BCUT2D eigenvalue weighted by molar-refractivity contribution is 5.48. The first-order chi connectivity index (χ1) is 7.16. The quantitative estimate of drug-likeness (QED) is 0.752. The van der Waals surface area contributed by atoms with Crippen molar-refractivity contribution < 1.29 is 4.52 Å². The van der Waals surface area contributed by atoms with Gasteiger partial charge in [-0.05, 0) is 17.5 Å². The molecule has 0 bridgehead atoms. The molecule has 4 heteroatoms. The van der Waals surface area contributed by atoms with Crippen LogP contribution in [0.4, 0.5) is 0 Å². The zero-order valence-corrected chi connectivity index (χ0v) is 9.06. The lowest BCUT2D eigenvalue weighted by atomic mass is 10.1. The van der Waals surface area contributed by atoms with Crippen LogP contribution >= 0.6 is 0 Å². The van der Waals surface area contributed by atoms with Crippen molar-refractivity contribution in [2.24, 2.45) is 0 Å². The standard InChI is InChI=1S/C11H13N3O/c1-7(2)9-4-5-10(12-6-9)11-13-8(3)15-14-11/h4-7H,1-3H3. The van der Waals surface area contributed by atoms with Gasteiger partial charge in [0, 0.05) is 13.1 Å². The lowest BCUT2D eigenvalue weighted by Gasteiger charge is -2.03. The Morgan fingerprint density at radius 3 is 2.53 bits per heavy atom. The van der Waals surface area contributed by atoms with Crippen molar-refractivity contribution >= 4 is 0 Å². The van der Waals surface area contributed by atoms with Gasteiger partial charge in [0.05, 0.1) is 0 Å². The molecule has 78 valence electrons. The third-order valence-electron chi connectivity index (χ3n) is 2.21. The number of pyridine rings is 1. The van der Waals surface area contributed by atoms with Crippen molar-refractivity contribution in [1.82, 2.24) is 15.1 Å². The Labute approximate surface area is 88.4 Å². The molecule has 2 aromatic rings. The van der Waals surface area contributed by atoms with Crippen LogP contribution in [0.5, 0.6) is 0 Å². The molecular formula is C11H13N3O. The van der Waals surface area contributed by atoms with Gasteiger partial charge in [0.25, 0.3) is 0 Å². The molecule has 0 aliphatic carbocycles. The predicted octanol–water partition coefficient (Wildman–Crippen LogP) is 2.56. The van der Waals surface area contributed by atoms with Gasteiger partial charge in [-0.3, -0.25) is 4.98 Å². The summed E-state index contributed by atoms with van der Waals surface area (Å²) in [5, 5.41) is 3.81. The average Bonchev–Trinajstić information content (AvgIpc) is 2.65. The molecular weight excluding hydrogens is 190 g/mol. The van der Waals surface area contributed by atoms with Crippen LogP contribution in [0.25, 0.3) is 11.5 Å². The van der Waals surface area contributed by atoms with Crippen molar-refractivity contribution in [3.05, 3.63) is 29.8 Å². The normalized spacial score (nSPS) is 10.9. The minimum Gasteiger partial charge on any atom is -0.339 e. The van der Waals surface area contributed by atoms with E-state index in [0.29, 0.717) is 17.6 Å². The molecule has 15 heavy (non-hydrogen) atoms. The van der Waals surface area contributed by atoms with Gasteiger partial charge in [-0.1, -0.05) is 25.1 Å². The van der Waals surface area contributed by atoms with E-state index in [1.807, 2.05) is 18.3 Å². The Morgan fingerprint density at radius 1 is 1.27 bits per heavy atom. The van der Waals surface area contributed by atoms with Crippen molar-refractivity contribution in [1.29, 1.82) is 0 Å². The first kappa shape index (κ1) is 9.83. The van der Waals surface area contributed by atoms with Crippen LogP contribution in [0, 0.1) is 6.92 Å². The maximum absolute atomic E-state index is 4.90. The zero-order chi connectivity index (χ0) is 10.8. The van der Waals surface area contributed by atoms with Gasteiger partial charge in [-0.25, -0.2) is 0 Å². The Morgan fingerprint density at radius 2 is 2.07 bits per heavy atom. The predicted molar refractivity (Wildman–Crippen MR) is 56.4 cm³/mol. The molecule has 4 nitrogen and oxygen atoms in total. The lowest BCUT2D eigenvalue weighted by Crippen LogP contribution is -1.91. The van der Waals surface area contributed by atoms with Crippen molar-refractivity contribution in [3.63, 3.8) is 0 Å². The monoisotopic (exact) mass is 203 g/mol. The van der Waals surface area contributed by atoms with E-state index >= 15 is 0 Å². The summed E-state index contributed by atoms with van der Waals surface area (Å²) in [7, 11) is 0. The third-order valence-corrected chi connectivity index (χ3v) is 2.21. The topological polar surface area (TPSA) is 51.8 Å². The van der Waals surface area contributed by atoms with Crippen LogP contribution in [-0.2, 0) is 0 Å². The summed E-state index contributed by atoms with van der Waals surface area (Å²) in [4.78, 5) is 8.41. The number of rotatable bonds is 2. The van der Waals surface area contributed by atoms with Gasteiger partial charge in [0.2, 0.25) is 11.7 Å². The second-order valence-corrected chi connectivity index (χ2v) is 3.77. The molecule has 0 fully saturated rings. The summed E-state index contributed by atoms with van der Waals surface area (Å²) >= 11 is 0. The molecule has 0 spiro atoms. The van der Waals surface area contributed by atoms with Crippen LogP contribution < -0.4 is 0 Å². The van der Waals surface area contributed by atoms with E-state index in [1.54, 1.807) is 6.92 Å². The van der Waals surface area contributed by atoms with E-state index < -0.39 is 0 Å². The highest BCUT2D eigenvalue weighted by Gasteiger charge is 2.07. The molecule has 0 unspecified atom stereocenters. The number of aromatic nitrogens is 3. The Hall–Kier alpha value is -1.71. The number of aryl methyl sites for hydroxylation is 1. The maximum atomic E-state index is 4.90. The highest BCUT2D eigenvalue weighted by Crippen LogP contribution is 2.17. The highest BCUT2D eigenvalue weighted by atomic mass is 16.5. The lowest BCUT2D eigenvalue weighted by molar-refractivity contribution is 0.394. The van der Waals surface area contributed by atoms with Gasteiger partial charge in [-0.2, -0.15) is 4.98 Å². The molecule has 2 heterocycles. The molecule has 0 amide bonds. The number of hydrogen-bond acceptors (Lipinski definition) is 4. The first-order valence-electron chi connectivity index (χ1n) is 4.93. The summed E-state index contributed by atoms with van der Waals surface area (Å²) in [5.74, 6) is 1.58. The number of nitrogens with zero attached hydrogens (tertiary/aromatic N) is 3. The van der Waals surface area contributed by atoms with Gasteiger partial charge in [-0.15, -0.1) is 0 Å². The molecule has 0 aliphatic heterocycles. The minimum absolute atomic E-state index is 0.485. The number of hydrogen-bond donors (Lipinski definition) is 0. The summed E-state index contributed by atoms with van der Waals surface area (Å²) in [6, 6.07) is 3.96. The molecule has 0 atom stereocenters. The van der Waals surface area contributed by atoms with E-state index in [-0.39, 0.29) is 0 Å². The molecule has 0 N–H and O–H groups in total. The van der Waals surface area contributed by atoms with Gasteiger partial charge in [0.1, 0.15) is 5.69 Å². The van der Waals surface area contributed by atoms with Crippen LogP contribution in [-0.4, -0.2) is 15.1 Å². The van der Waals surface area contributed by atoms with E-state index in [0.717, 1.165) is 5.69 Å². The second-order valence-electron chi connectivity index (χ2n) is 3.77. The summed E-state index contributed by atoms with van der Waals surface area (Å²) in [6.45, 7) is 6.03. The Bertz CT molecular complexity index is 445. The Balaban J connectivity index is 2.31. The Kier molecular flexibility index (Phi) is 2.49. The van der Waals surface area contributed by atoms with E-state index in [2.05, 4.69) is 29.0 Å². The fraction of sp³-hybridized carbons (Fsp3) is 0.364. The molecule has 0 saturated heterocycles. The zero-order valence-electron chi connectivity index (χ0n) is 9.06. The smallest absolute Gasteiger partial charge is 0.223 e. The van der Waals surface area contributed by atoms with E-state index in [1.165, 1.54) is 5.56 Å². The summed E-state index contributed by atoms with van der Waals surface area (Å²) in [5.41, 5.74) is 1.95. The van der Waals surface area contributed by atoms with Crippen LogP contribution in [0.2, 0.25) is 0 Å². The van der Waals surface area contributed by atoms with Crippen LogP contribution in [0.15, 0.2) is 22.9 Å². The summed E-state index contributed by atoms with van der Waals surface area (Å²) < 4.78 is 4.90. The summed E-state index contributed by atoms with van der Waals surface area (Å²) in [6.07, 6.45) is 1.85. The minimum atomic E-state index is 0.485. The molecule has 2 aromatic heterocycles. The van der Waals surface area contributed by atoms with Crippen molar-refractivity contribution in [2.75, 3.05) is 0 Å². The second kappa shape index (κ2) is 3.81. The van der Waals surface area contributed by atoms with E-state index in [9.17, 15) is 0 Å². The van der Waals surface area contributed by atoms with E-state index in [4.69, 9.17) is 4.52 Å². The third kappa shape index (κ3) is 2.03. The SMILES string of the molecule is Cc1nc(-c2ccc(C(C)C)cn2)no1. The van der Waals surface area contributed by atoms with Crippen molar-refractivity contribution in [3.8, 4) is 11.5 Å². The first-order valence-corrected chi connectivity index (χ1v) is 4.93. The van der Waals surface area contributed by atoms with Gasteiger partial charge in [0.15, 0.2) is 0 Å². The molecule has 0 radical (unpaired) electrons. The molecule has 2 rings (SSSR count). The molecule has 0 aromatic carbocycles. The molecule has 0 saturated carbocycles. The fourth-order valence-corrected chi connectivity index (χ4v) is 1.28. The van der Waals surface area contributed by atoms with Gasteiger partial charge < -0.3 is 4.52 Å².